The lowest BCUT2D eigenvalue weighted by Gasteiger charge is -2.21. The fraction of sp³-hybridized carbons (Fsp3) is 0.500. The largest absolute Gasteiger partial charge is 0.312 e. The highest BCUT2D eigenvalue weighted by Crippen LogP contribution is 2.32. The first-order chi connectivity index (χ1) is 8.65. The van der Waals surface area contributed by atoms with Crippen LogP contribution in [-0.2, 0) is 11.2 Å². The molecular formula is C14H17BrN2O. The minimum atomic E-state index is 0.185. The SMILES string of the molecule is CN1CCC(C(=O)N2CCc3cc(Br)ccc32)C1. The highest BCUT2D eigenvalue weighted by atomic mass is 79.9. The van der Waals surface area contributed by atoms with Crippen molar-refractivity contribution < 1.29 is 4.79 Å². The number of amides is 1. The van der Waals surface area contributed by atoms with Crippen LogP contribution in [0, 0.1) is 5.92 Å². The minimum Gasteiger partial charge on any atom is -0.312 e. The molecule has 3 nitrogen and oxygen atoms in total. The molecule has 1 amide bonds. The second-order valence-corrected chi connectivity index (χ2v) is 6.18. The molecule has 0 spiro atoms. The Kier molecular flexibility index (Phi) is 3.16. The first kappa shape index (κ1) is 12.2. The summed E-state index contributed by atoms with van der Waals surface area (Å²) in [6.45, 7) is 2.78. The van der Waals surface area contributed by atoms with Gasteiger partial charge in [0.2, 0.25) is 5.91 Å². The number of halogens is 1. The Bertz CT molecular complexity index is 489. The van der Waals surface area contributed by atoms with E-state index < -0.39 is 0 Å². The van der Waals surface area contributed by atoms with E-state index in [1.165, 1.54) is 5.56 Å². The molecule has 1 saturated heterocycles. The van der Waals surface area contributed by atoms with Crippen LogP contribution in [-0.4, -0.2) is 37.5 Å². The lowest BCUT2D eigenvalue weighted by Crippen LogP contribution is -2.35. The van der Waals surface area contributed by atoms with Gasteiger partial charge in [-0.15, -0.1) is 0 Å². The van der Waals surface area contributed by atoms with Crippen molar-refractivity contribution in [2.24, 2.45) is 5.92 Å². The van der Waals surface area contributed by atoms with E-state index in [-0.39, 0.29) is 5.92 Å². The molecule has 1 aromatic rings. The Hall–Kier alpha value is -0.870. The predicted octanol–water partition coefficient (Wildman–Crippen LogP) is 2.29. The Morgan fingerprint density at radius 3 is 2.94 bits per heavy atom. The predicted molar refractivity (Wildman–Crippen MR) is 75.8 cm³/mol. The smallest absolute Gasteiger partial charge is 0.231 e. The molecule has 1 fully saturated rings. The van der Waals surface area contributed by atoms with Gasteiger partial charge in [0.05, 0.1) is 5.92 Å². The second-order valence-electron chi connectivity index (χ2n) is 5.26. The number of benzene rings is 1. The molecule has 0 N–H and O–H groups in total. The number of carbonyl (C=O) groups excluding carboxylic acids is 1. The van der Waals surface area contributed by atoms with Crippen LogP contribution in [0.3, 0.4) is 0 Å². The molecule has 0 aromatic heterocycles. The summed E-state index contributed by atoms with van der Waals surface area (Å²) in [4.78, 5) is 16.7. The number of likely N-dealkylation sites (tertiary alicyclic amines) is 1. The molecule has 18 heavy (non-hydrogen) atoms. The summed E-state index contributed by atoms with van der Waals surface area (Å²) in [5, 5.41) is 0. The van der Waals surface area contributed by atoms with Crippen molar-refractivity contribution in [2.75, 3.05) is 31.6 Å². The molecule has 1 atom stereocenters. The Labute approximate surface area is 116 Å². The first-order valence-electron chi connectivity index (χ1n) is 6.43. The van der Waals surface area contributed by atoms with Crippen molar-refractivity contribution >= 4 is 27.5 Å². The zero-order chi connectivity index (χ0) is 12.7. The summed E-state index contributed by atoms with van der Waals surface area (Å²) in [7, 11) is 2.09. The monoisotopic (exact) mass is 308 g/mol. The maximum absolute atomic E-state index is 12.5. The van der Waals surface area contributed by atoms with E-state index in [4.69, 9.17) is 0 Å². The van der Waals surface area contributed by atoms with E-state index in [1.54, 1.807) is 0 Å². The topological polar surface area (TPSA) is 23.6 Å². The van der Waals surface area contributed by atoms with Crippen molar-refractivity contribution in [2.45, 2.75) is 12.8 Å². The molecule has 3 rings (SSSR count). The summed E-state index contributed by atoms with van der Waals surface area (Å²) in [6, 6.07) is 6.21. The van der Waals surface area contributed by atoms with Gasteiger partial charge in [-0.25, -0.2) is 0 Å². The van der Waals surface area contributed by atoms with Crippen molar-refractivity contribution in [3.05, 3.63) is 28.2 Å². The lowest BCUT2D eigenvalue weighted by molar-refractivity contribution is -0.121. The van der Waals surface area contributed by atoms with Gasteiger partial charge in [-0.1, -0.05) is 15.9 Å². The van der Waals surface area contributed by atoms with Gasteiger partial charge >= 0.3 is 0 Å². The molecule has 0 saturated carbocycles. The molecule has 0 radical (unpaired) electrons. The number of rotatable bonds is 1. The molecule has 96 valence electrons. The maximum Gasteiger partial charge on any atom is 0.231 e. The zero-order valence-electron chi connectivity index (χ0n) is 10.5. The van der Waals surface area contributed by atoms with Crippen LogP contribution >= 0.6 is 15.9 Å². The Morgan fingerprint density at radius 1 is 1.39 bits per heavy atom. The third-order valence-electron chi connectivity index (χ3n) is 3.94. The van der Waals surface area contributed by atoms with E-state index in [2.05, 4.69) is 40.0 Å². The second kappa shape index (κ2) is 4.67. The quantitative estimate of drug-likeness (QED) is 0.795. The van der Waals surface area contributed by atoms with E-state index >= 15 is 0 Å². The van der Waals surface area contributed by atoms with E-state index in [9.17, 15) is 4.79 Å². The first-order valence-corrected chi connectivity index (χ1v) is 7.23. The maximum atomic E-state index is 12.5. The van der Waals surface area contributed by atoms with Gasteiger partial charge in [0.15, 0.2) is 0 Å². The van der Waals surface area contributed by atoms with E-state index in [0.717, 1.165) is 42.6 Å². The lowest BCUT2D eigenvalue weighted by atomic mass is 10.1. The third-order valence-corrected chi connectivity index (χ3v) is 4.44. The molecule has 2 heterocycles. The van der Waals surface area contributed by atoms with Crippen molar-refractivity contribution in [1.29, 1.82) is 0 Å². The standard InChI is InChI=1S/C14H17BrN2O/c1-16-6-4-11(9-16)14(18)17-7-5-10-8-12(15)2-3-13(10)17/h2-3,8,11H,4-7,9H2,1H3. The molecule has 1 unspecified atom stereocenters. The molecular weight excluding hydrogens is 292 g/mol. The van der Waals surface area contributed by atoms with Gasteiger partial charge in [-0.05, 0) is 50.2 Å². The van der Waals surface area contributed by atoms with Gasteiger partial charge in [-0.2, -0.15) is 0 Å². The minimum absolute atomic E-state index is 0.185. The summed E-state index contributed by atoms with van der Waals surface area (Å²) >= 11 is 3.49. The van der Waals surface area contributed by atoms with Gasteiger partial charge in [0.25, 0.3) is 0 Å². The van der Waals surface area contributed by atoms with Crippen LogP contribution in [0.5, 0.6) is 0 Å². The highest BCUT2D eigenvalue weighted by molar-refractivity contribution is 9.10. The number of fused-ring (bicyclic) bond motifs is 1. The molecule has 2 aliphatic rings. The van der Waals surface area contributed by atoms with E-state index in [0.29, 0.717) is 5.91 Å². The average molecular weight is 309 g/mol. The molecule has 2 aliphatic heterocycles. The van der Waals surface area contributed by atoms with Gasteiger partial charge < -0.3 is 9.80 Å². The molecule has 0 aliphatic carbocycles. The fourth-order valence-electron chi connectivity index (χ4n) is 2.96. The van der Waals surface area contributed by atoms with Crippen LogP contribution in [0.15, 0.2) is 22.7 Å². The number of hydrogen-bond acceptors (Lipinski definition) is 2. The highest BCUT2D eigenvalue weighted by Gasteiger charge is 2.33. The zero-order valence-corrected chi connectivity index (χ0v) is 12.1. The van der Waals surface area contributed by atoms with Crippen LogP contribution in [0.1, 0.15) is 12.0 Å². The van der Waals surface area contributed by atoms with Crippen LogP contribution in [0.4, 0.5) is 5.69 Å². The summed E-state index contributed by atoms with van der Waals surface area (Å²) in [5.41, 5.74) is 2.39. The number of nitrogens with zero attached hydrogens (tertiary/aromatic N) is 2. The van der Waals surface area contributed by atoms with Crippen LogP contribution in [0.2, 0.25) is 0 Å². The van der Waals surface area contributed by atoms with Gasteiger partial charge in [0.1, 0.15) is 0 Å². The van der Waals surface area contributed by atoms with Crippen LogP contribution in [0.25, 0.3) is 0 Å². The fourth-order valence-corrected chi connectivity index (χ4v) is 3.36. The van der Waals surface area contributed by atoms with Crippen molar-refractivity contribution in [3.8, 4) is 0 Å². The van der Waals surface area contributed by atoms with Crippen molar-refractivity contribution in [3.63, 3.8) is 0 Å². The summed E-state index contributed by atoms with van der Waals surface area (Å²) in [5.74, 6) is 0.491. The van der Waals surface area contributed by atoms with E-state index in [1.807, 2.05) is 11.0 Å². The molecule has 1 aromatic carbocycles. The summed E-state index contributed by atoms with van der Waals surface area (Å²) in [6.07, 6.45) is 1.97. The summed E-state index contributed by atoms with van der Waals surface area (Å²) < 4.78 is 1.09. The Balaban J connectivity index is 1.81. The normalized spacial score (nSPS) is 23.4. The Morgan fingerprint density at radius 2 is 2.22 bits per heavy atom. The van der Waals surface area contributed by atoms with Gasteiger partial charge in [-0.3, -0.25) is 4.79 Å². The average Bonchev–Trinajstić information content (AvgIpc) is 2.94. The van der Waals surface area contributed by atoms with Crippen LogP contribution < -0.4 is 4.90 Å². The third kappa shape index (κ3) is 2.08. The van der Waals surface area contributed by atoms with Gasteiger partial charge in [0, 0.05) is 23.2 Å². The number of hydrogen-bond donors (Lipinski definition) is 0. The number of anilines is 1. The van der Waals surface area contributed by atoms with Crippen molar-refractivity contribution in [1.82, 2.24) is 4.90 Å². The molecule has 0 bridgehead atoms. The number of carbonyl (C=O) groups is 1. The molecule has 4 heteroatoms.